The second-order valence-corrected chi connectivity index (χ2v) is 4.04. The molecule has 0 bridgehead atoms. The molecule has 1 aromatic heterocycles. The van der Waals surface area contributed by atoms with E-state index in [9.17, 15) is 10.1 Å². The van der Waals surface area contributed by atoms with E-state index in [1.54, 1.807) is 24.5 Å². The number of aromatic amines is 1. The van der Waals surface area contributed by atoms with E-state index >= 15 is 0 Å². The molecule has 0 spiro atoms. The predicted octanol–water partition coefficient (Wildman–Crippen LogP) is 2.50. The maximum Gasteiger partial charge on any atom is 0.311 e. The molecule has 2 N–H and O–H groups in total. The zero-order chi connectivity index (χ0) is 13.8. The van der Waals surface area contributed by atoms with Crippen LogP contribution in [0.5, 0.6) is 5.75 Å². The van der Waals surface area contributed by atoms with E-state index in [0.29, 0.717) is 0 Å². The van der Waals surface area contributed by atoms with Crippen LogP contribution in [0.3, 0.4) is 0 Å². The van der Waals surface area contributed by atoms with Gasteiger partial charge in [0.25, 0.3) is 0 Å². The Morgan fingerprint density at radius 2 is 2.32 bits per heavy atom. The van der Waals surface area contributed by atoms with E-state index in [1.165, 1.54) is 13.2 Å². The average molecular weight is 262 g/mol. The summed E-state index contributed by atoms with van der Waals surface area (Å²) >= 11 is 0. The molecule has 19 heavy (non-hydrogen) atoms. The first-order valence-corrected chi connectivity index (χ1v) is 5.69. The molecule has 7 heteroatoms. The van der Waals surface area contributed by atoms with E-state index in [0.717, 1.165) is 11.3 Å². The Labute approximate surface area is 109 Å². The van der Waals surface area contributed by atoms with Gasteiger partial charge in [0.05, 0.1) is 24.3 Å². The number of methoxy groups -OCH3 is 1. The molecule has 0 fully saturated rings. The highest BCUT2D eigenvalue weighted by atomic mass is 16.6. The Kier molecular flexibility index (Phi) is 3.65. The normalized spacial score (nSPS) is 11.9. The van der Waals surface area contributed by atoms with Crippen LogP contribution in [0, 0.1) is 10.1 Å². The largest absolute Gasteiger partial charge is 0.490 e. The fourth-order valence-corrected chi connectivity index (χ4v) is 1.75. The van der Waals surface area contributed by atoms with Crippen molar-refractivity contribution in [3.05, 3.63) is 46.3 Å². The van der Waals surface area contributed by atoms with Gasteiger partial charge in [-0.1, -0.05) is 0 Å². The highest BCUT2D eigenvalue weighted by Crippen LogP contribution is 2.31. The van der Waals surface area contributed by atoms with Crippen LogP contribution in [0.4, 0.5) is 11.4 Å². The molecule has 0 aliphatic heterocycles. The third-order valence-corrected chi connectivity index (χ3v) is 2.78. The van der Waals surface area contributed by atoms with Crippen molar-refractivity contribution < 1.29 is 9.66 Å². The summed E-state index contributed by atoms with van der Waals surface area (Å²) in [6.07, 6.45) is 3.51. The minimum Gasteiger partial charge on any atom is -0.490 e. The van der Waals surface area contributed by atoms with Crippen LogP contribution >= 0.6 is 0 Å². The molecule has 1 aromatic carbocycles. The van der Waals surface area contributed by atoms with Crippen molar-refractivity contribution in [2.75, 3.05) is 12.4 Å². The third kappa shape index (κ3) is 2.82. The highest BCUT2D eigenvalue weighted by molar-refractivity contribution is 5.58. The maximum absolute atomic E-state index is 10.8. The van der Waals surface area contributed by atoms with Crippen LogP contribution in [-0.4, -0.2) is 22.2 Å². The van der Waals surface area contributed by atoms with Crippen LogP contribution in [0.1, 0.15) is 18.5 Å². The van der Waals surface area contributed by atoms with Gasteiger partial charge in [0.2, 0.25) is 0 Å². The molecular weight excluding hydrogens is 248 g/mol. The topological polar surface area (TPSA) is 93.1 Å². The van der Waals surface area contributed by atoms with Gasteiger partial charge in [0.1, 0.15) is 0 Å². The fraction of sp³-hybridized carbons (Fsp3) is 0.250. The van der Waals surface area contributed by atoms with Gasteiger partial charge in [0.15, 0.2) is 5.75 Å². The van der Waals surface area contributed by atoms with Gasteiger partial charge in [-0.05, 0) is 13.0 Å². The Morgan fingerprint density at radius 1 is 1.53 bits per heavy atom. The Hall–Kier alpha value is -2.57. The lowest BCUT2D eigenvalue weighted by molar-refractivity contribution is -0.385. The van der Waals surface area contributed by atoms with Crippen molar-refractivity contribution in [3.8, 4) is 5.75 Å². The lowest BCUT2D eigenvalue weighted by Gasteiger charge is -2.14. The van der Waals surface area contributed by atoms with Crippen molar-refractivity contribution in [1.29, 1.82) is 0 Å². The molecule has 0 saturated carbocycles. The number of hydrogen-bond donors (Lipinski definition) is 2. The molecule has 0 aliphatic carbocycles. The summed E-state index contributed by atoms with van der Waals surface area (Å²) in [5, 5.41) is 20.6. The summed E-state index contributed by atoms with van der Waals surface area (Å²) in [5.41, 5.74) is 1.69. The molecule has 0 aliphatic rings. The van der Waals surface area contributed by atoms with E-state index in [4.69, 9.17) is 4.74 Å². The molecule has 7 nitrogen and oxygen atoms in total. The number of nitrogens with zero attached hydrogens (tertiary/aromatic N) is 2. The zero-order valence-corrected chi connectivity index (χ0v) is 10.6. The van der Waals surface area contributed by atoms with Gasteiger partial charge in [0, 0.05) is 29.6 Å². The molecule has 1 unspecified atom stereocenters. The van der Waals surface area contributed by atoms with Crippen LogP contribution in [0.15, 0.2) is 30.6 Å². The van der Waals surface area contributed by atoms with Crippen LogP contribution < -0.4 is 10.1 Å². The van der Waals surface area contributed by atoms with Crippen molar-refractivity contribution in [1.82, 2.24) is 10.2 Å². The SMILES string of the molecule is COc1cc(NC(C)c2cn[nH]c2)ccc1[N+](=O)[O-]. The van der Waals surface area contributed by atoms with Crippen LogP contribution in [0.2, 0.25) is 0 Å². The number of rotatable bonds is 5. The first kappa shape index (κ1) is 12.9. The minimum absolute atomic E-state index is 0.0323. The number of aromatic nitrogens is 2. The predicted molar refractivity (Wildman–Crippen MR) is 70.3 cm³/mol. The van der Waals surface area contributed by atoms with Crippen molar-refractivity contribution in [3.63, 3.8) is 0 Å². The second kappa shape index (κ2) is 5.38. The van der Waals surface area contributed by atoms with Crippen LogP contribution in [-0.2, 0) is 0 Å². The lowest BCUT2D eigenvalue weighted by atomic mass is 10.1. The highest BCUT2D eigenvalue weighted by Gasteiger charge is 2.15. The number of anilines is 1. The van der Waals surface area contributed by atoms with Crippen LogP contribution in [0.25, 0.3) is 0 Å². The van der Waals surface area contributed by atoms with E-state index in [1.807, 2.05) is 6.92 Å². The summed E-state index contributed by atoms with van der Waals surface area (Å²) in [4.78, 5) is 10.3. The Morgan fingerprint density at radius 3 is 2.89 bits per heavy atom. The van der Waals surface area contributed by atoms with E-state index < -0.39 is 4.92 Å². The number of ether oxygens (including phenoxy) is 1. The number of nitrogens with one attached hydrogen (secondary N) is 2. The van der Waals surface area contributed by atoms with Crippen molar-refractivity contribution in [2.45, 2.75) is 13.0 Å². The van der Waals surface area contributed by atoms with Crippen molar-refractivity contribution >= 4 is 11.4 Å². The standard InChI is InChI=1S/C12H14N4O3/c1-8(9-6-13-14-7-9)15-10-3-4-11(16(17)18)12(5-10)19-2/h3-8,15H,1-2H3,(H,13,14). The monoisotopic (exact) mass is 262 g/mol. The molecule has 0 saturated heterocycles. The summed E-state index contributed by atoms with van der Waals surface area (Å²) in [7, 11) is 1.41. The molecule has 1 atom stereocenters. The first-order chi connectivity index (χ1) is 9.11. The quantitative estimate of drug-likeness (QED) is 0.637. The maximum atomic E-state index is 10.8. The zero-order valence-electron chi connectivity index (χ0n) is 10.6. The number of hydrogen-bond acceptors (Lipinski definition) is 5. The molecule has 0 amide bonds. The third-order valence-electron chi connectivity index (χ3n) is 2.78. The minimum atomic E-state index is -0.470. The number of benzene rings is 1. The van der Waals surface area contributed by atoms with Gasteiger partial charge in [-0.25, -0.2) is 0 Å². The summed E-state index contributed by atoms with van der Waals surface area (Å²) in [5.74, 6) is 0.231. The molecular formula is C12H14N4O3. The molecule has 1 heterocycles. The van der Waals surface area contributed by atoms with Crippen molar-refractivity contribution in [2.24, 2.45) is 0 Å². The van der Waals surface area contributed by atoms with Gasteiger partial charge in [-0.3, -0.25) is 15.2 Å². The Bertz CT molecular complexity index is 568. The van der Waals surface area contributed by atoms with E-state index in [-0.39, 0.29) is 17.5 Å². The molecule has 2 rings (SSSR count). The lowest BCUT2D eigenvalue weighted by Crippen LogP contribution is -2.06. The average Bonchev–Trinajstić information content (AvgIpc) is 2.92. The summed E-state index contributed by atoms with van der Waals surface area (Å²) in [6, 6.07) is 4.71. The van der Waals surface area contributed by atoms with Gasteiger partial charge in [-0.2, -0.15) is 5.10 Å². The molecule has 0 radical (unpaired) electrons. The Balaban J connectivity index is 2.20. The second-order valence-electron chi connectivity index (χ2n) is 4.04. The first-order valence-electron chi connectivity index (χ1n) is 5.69. The van der Waals surface area contributed by atoms with Gasteiger partial charge >= 0.3 is 5.69 Å². The smallest absolute Gasteiger partial charge is 0.311 e. The number of H-pyrrole nitrogens is 1. The fourth-order valence-electron chi connectivity index (χ4n) is 1.75. The van der Waals surface area contributed by atoms with Gasteiger partial charge < -0.3 is 10.1 Å². The molecule has 2 aromatic rings. The molecule has 100 valence electrons. The number of nitro benzene ring substituents is 1. The number of nitro groups is 1. The van der Waals surface area contributed by atoms with Gasteiger partial charge in [-0.15, -0.1) is 0 Å². The van der Waals surface area contributed by atoms with E-state index in [2.05, 4.69) is 15.5 Å². The summed E-state index contributed by atoms with van der Waals surface area (Å²) in [6.45, 7) is 1.97. The summed E-state index contributed by atoms with van der Waals surface area (Å²) < 4.78 is 5.02.